The Morgan fingerprint density at radius 2 is 1.88 bits per heavy atom. The van der Waals surface area contributed by atoms with Gasteiger partial charge in [0.05, 0.1) is 7.11 Å². The molecule has 2 aromatic carbocycles. The highest BCUT2D eigenvalue weighted by Crippen LogP contribution is 2.48. The number of phenolic OH excluding ortho intramolecular Hbond substituents is 1. The standard InChI is InChI=1S/C21H27NO2/c1-15-12-18(6-9-20(15)23)21(10-11-21)14-22-16(2)13-17-4-7-19(24-3)8-5-17/h4-9,12,16,22-23H,10-11,13-14H2,1-3H3. The van der Waals surface area contributed by atoms with Gasteiger partial charge in [0.1, 0.15) is 11.5 Å². The highest BCUT2D eigenvalue weighted by Gasteiger charge is 2.44. The number of methoxy groups -OCH3 is 1. The molecule has 3 rings (SSSR count). The van der Waals surface area contributed by atoms with Crippen LogP contribution in [0.1, 0.15) is 36.5 Å². The molecule has 1 atom stereocenters. The largest absolute Gasteiger partial charge is 0.508 e. The lowest BCUT2D eigenvalue weighted by Gasteiger charge is -2.21. The topological polar surface area (TPSA) is 41.5 Å². The molecular weight excluding hydrogens is 298 g/mol. The van der Waals surface area contributed by atoms with Crippen LogP contribution >= 0.6 is 0 Å². The molecule has 0 aromatic heterocycles. The minimum Gasteiger partial charge on any atom is -0.508 e. The Hall–Kier alpha value is -2.00. The molecule has 0 bridgehead atoms. The number of aryl methyl sites for hydroxylation is 1. The predicted octanol–water partition coefficient (Wildman–Crippen LogP) is 3.96. The fourth-order valence-electron chi connectivity index (χ4n) is 3.26. The molecule has 0 spiro atoms. The second kappa shape index (κ2) is 6.86. The zero-order valence-electron chi connectivity index (χ0n) is 14.8. The molecule has 0 radical (unpaired) electrons. The van der Waals surface area contributed by atoms with E-state index in [4.69, 9.17) is 4.74 Å². The van der Waals surface area contributed by atoms with E-state index in [1.165, 1.54) is 24.0 Å². The highest BCUT2D eigenvalue weighted by molar-refractivity contribution is 5.41. The molecule has 24 heavy (non-hydrogen) atoms. The Morgan fingerprint density at radius 1 is 1.17 bits per heavy atom. The first-order chi connectivity index (χ1) is 11.5. The van der Waals surface area contributed by atoms with Gasteiger partial charge in [0.15, 0.2) is 0 Å². The lowest BCUT2D eigenvalue weighted by molar-refractivity contribution is 0.414. The van der Waals surface area contributed by atoms with Crippen molar-refractivity contribution in [2.45, 2.75) is 44.6 Å². The maximum atomic E-state index is 9.72. The maximum Gasteiger partial charge on any atom is 0.118 e. The third kappa shape index (κ3) is 3.73. The summed E-state index contributed by atoms with van der Waals surface area (Å²) in [4.78, 5) is 0. The van der Waals surface area contributed by atoms with Crippen LogP contribution in [0.2, 0.25) is 0 Å². The van der Waals surface area contributed by atoms with Crippen molar-refractivity contribution in [1.29, 1.82) is 0 Å². The Morgan fingerprint density at radius 3 is 2.46 bits per heavy atom. The SMILES string of the molecule is COc1ccc(CC(C)NCC2(c3ccc(O)c(C)c3)CC2)cc1. The second-order valence-corrected chi connectivity index (χ2v) is 7.12. The molecular formula is C21H27NO2. The van der Waals surface area contributed by atoms with E-state index in [0.717, 1.165) is 24.3 Å². The smallest absolute Gasteiger partial charge is 0.118 e. The zero-order valence-corrected chi connectivity index (χ0v) is 14.8. The Balaban J connectivity index is 1.57. The highest BCUT2D eigenvalue weighted by atomic mass is 16.5. The van der Waals surface area contributed by atoms with E-state index in [1.807, 2.05) is 25.1 Å². The van der Waals surface area contributed by atoms with Crippen molar-refractivity contribution in [2.24, 2.45) is 0 Å². The van der Waals surface area contributed by atoms with Crippen molar-refractivity contribution in [3.05, 3.63) is 59.2 Å². The summed E-state index contributed by atoms with van der Waals surface area (Å²) in [5.41, 5.74) is 3.89. The molecule has 0 amide bonds. The minimum absolute atomic E-state index is 0.257. The van der Waals surface area contributed by atoms with Crippen LogP contribution in [-0.4, -0.2) is 24.8 Å². The molecule has 1 unspecified atom stereocenters. The Labute approximate surface area is 144 Å². The molecule has 3 nitrogen and oxygen atoms in total. The molecule has 2 N–H and O–H groups in total. The number of nitrogens with one attached hydrogen (secondary N) is 1. The number of ether oxygens (including phenoxy) is 1. The van der Waals surface area contributed by atoms with E-state index in [9.17, 15) is 5.11 Å². The average molecular weight is 325 g/mol. The lowest BCUT2D eigenvalue weighted by atomic mass is 9.93. The van der Waals surface area contributed by atoms with Crippen LogP contribution in [0.5, 0.6) is 11.5 Å². The number of aromatic hydroxyl groups is 1. The van der Waals surface area contributed by atoms with E-state index in [2.05, 4.69) is 36.5 Å². The first kappa shape index (κ1) is 16.8. The molecule has 2 aromatic rings. The molecule has 1 aliphatic carbocycles. The summed E-state index contributed by atoms with van der Waals surface area (Å²) >= 11 is 0. The second-order valence-electron chi connectivity index (χ2n) is 7.12. The van der Waals surface area contributed by atoms with Crippen molar-refractivity contribution in [1.82, 2.24) is 5.32 Å². The molecule has 3 heteroatoms. The molecule has 128 valence electrons. The van der Waals surface area contributed by atoms with E-state index >= 15 is 0 Å². The van der Waals surface area contributed by atoms with Crippen LogP contribution in [0.15, 0.2) is 42.5 Å². The third-order valence-corrected chi connectivity index (χ3v) is 5.15. The zero-order chi connectivity index (χ0) is 17.2. The Bertz CT molecular complexity index is 689. The van der Waals surface area contributed by atoms with Gasteiger partial charge in [0, 0.05) is 18.0 Å². The molecule has 1 aliphatic rings. The van der Waals surface area contributed by atoms with Crippen LogP contribution in [0.25, 0.3) is 0 Å². The number of hydrogen-bond acceptors (Lipinski definition) is 3. The molecule has 0 aliphatic heterocycles. The summed E-state index contributed by atoms with van der Waals surface area (Å²) in [6, 6.07) is 14.8. The summed E-state index contributed by atoms with van der Waals surface area (Å²) in [5.74, 6) is 1.29. The monoisotopic (exact) mass is 325 g/mol. The van der Waals surface area contributed by atoms with Crippen molar-refractivity contribution in [3.8, 4) is 11.5 Å². The van der Waals surface area contributed by atoms with E-state index < -0.39 is 0 Å². The molecule has 1 saturated carbocycles. The first-order valence-electron chi connectivity index (χ1n) is 8.69. The number of benzene rings is 2. The summed E-state index contributed by atoms with van der Waals surface area (Å²) < 4.78 is 5.21. The van der Waals surface area contributed by atoms with E-state index in [1.54, 1.807) is 7.11 Å². The molecule has 0 saturated heterocycles. The first-order valence-corrected chi connectivity index (χ1v) is 8.69. The fourth-order valence-corrected chi connectivity index (χ4v) is 3.26. The van der Waals surface area contributed by atoms with Gasteiger partial charge >= 0.3 is 0 Å². The van der Waals surface area contributed by atoms with Gasteiger partial charge < -0.3 is 15.2 Å². The van der Waals surface area contributed by atoms with Gasteiger partial charge in [-0.3, -0.25) is 0 Å². The van der Waals surface area contributed by atoms with Gasteiger partial charge in [-0.15, -0.1) is 0 Å². The summed E-state index contributed by atoms with van der Waals surface area (Å²) in [7, 11) is 1.69. The van der Waals surface area contributed by atoms with Crippen LogP contribution in [0.4, 0.5) is 0 Å². The van der Waals surface area contributed by atoms with Crippen LogP contribution in [-0.2, 0) is 11.8 Å². The van der Waals surface area contributed by atoms with Gasteiger partial charge in [0.25, 0.3) is 0 Å². The average Bonchev–Trinajstić information content (AvgIpc) is 3.37. The van der Waals surface area contributed by atoms with Crippen LogP contribution < -0.4 is 10.1 Å². The van der Waals surface area contributed by atoms with Crippen molar-refractivity contribution in [3.63, 3.8) is 0 Å². The number of hydrogen-bond donors (Lipinski definition) is 2. The van der Waals surface area contributed by atoms with Gasteiger partial charge in [-0.2, -0.15) is 0 Å². The van der Waals surface area contributed by atoms with Gasteiger partial charge in [-0.25, -0.2) is 0 Å². The van der Waals surface area contributed by atoms with Gasteiger partial charge in [-0.1, -0.05) is 24.3 Å². The number of phenols is 1. The molecule has 1 fully saturated rings. The normalized spacial score (nSPS) is 16.6. The predicted molar refractivity (Wildman–Crippen MR) is 97.9 cm³/mol. The number of rotatable bonds is 7. The lowest BCUT2D eigenvalue weighted by Crippen LogP contribution is -2.35. The van der Waals surface area contributed by atoms with E-state index in [0.29, 0.717) is 11.8 Å². The Kier molecular flexibility index (Phi) is 4.81. The summed E-state index contributed by atoms with van der Waals surface area (Å²) in [6.07, 6.45) is 3.45. The summed E-state index contributed by atoms with van der Waals surface area (Å²) in [5, 5.41) is 13.4. The van der Waals surface area contributed by atoms with Crippen molar-refractivity contribution < 1.29 is 9.84 Å². The van der Waals surface area contributed by atoms with Gasteiger partial charge in [-0.05, 0) is 68.0 Å². The van der Waals surface area contributed by atoms with Crippen molar-refractivity contribution in [2.75, 3.05) is 13.7 Å². The third-order valence-electron chi connectivity index (χ3n) is 5.15. The van der Waals surface area contributed by atoms with Gasteiger partial charge in [0.2, 0.25) is 0 Å². The van der Waals surface area contributed by atoms with E-state index in [-0.39, 0.29) is 5.41 Å². The van der Waals surface area contributed by atoms with Crippen LogP contribution in [0.3, 0.4) is 0 Å². The molecule has 0 heterocycles. The van der Waals surface area contributed by atoms with Crippen LogP contribution in [0, 0.1) is 6.92 Å². The summed E-state index contributed by atoms with van der Waals surface area (Å²) in [6.45, 7) is 5.20. The fraction of sp³-hybridized carbons (Fsp3) is 0.429. The van der Waals surface area contributed by atoms with Crippen molar-refractivity contribution >= 4 is 0 Å². The maximum absolute atomic E-state index is 9.72. The minimum atomic E-state index is 0.257. The quantitative estimate of drug-likeness (QED) is 0.809.